The number of rotatable bonds is 2. The number of hydrogen-bond acceptors (Lipinski definition) is 4. The maximum absolute atomic E-state index is 12.1. The Bertz CT molecular complexity index is 596. The van der Waals surface area contributed by atoms with Gasteiger partial charge in [-0.1, -0.05) is 0 Å². The summed E-state index contributed by atoms with van der Waals surface area (Å²) in [6, 6.07) is 4.67. The minimum atomic E-state index is -0.839. The lowest BCUT2D eigenvalue weighted by Crippen LogP contribution is -2.53. The minimum Gasteiger partial charge on any atom is -0.485 e. The molecular weight excluding hydrogens is 270 g/mol. The van der Waals surface area contributed by atoms with E-state index in [1.807, 2.05) is 13.8 Å². The number of amides is 1. The molecule has 1 amide bonds. The summed E-state index contributed by atoms with van der Waals surface area (Å²) < 4.78 is 5.85. The van der Waals surface area contributed by atoms with Gasteiger partial charge in [0.25, 0.3) is 0 Å². The number of likely N-dealkylation sites (tertiary alicyclic amines) is 1. The van der Waals surface area contributed by atoms with Crippen molar-refractivity contribution in [3.8, 4) is 5.75 Å². The van der Waals surface area contributed by atoms with Gasteiger partial charge in [0.1, 0.15) is 23.7 Å². The van der Waals surface area contributed by atoms with E-state index in [1.54, 1.807) is 23.1 Å². The summed E-state index contributed by atoms with van der Waals surface area (Å²) in [4.78, 5) is 24.8. The van der Waals surface area contributed by atoms with Crippen molar-refractivity contribution in [2.45, 2.75) is 44.4 Å². The third-order valence-corrected chi connectivity index (χ3v) is 4.32. The van der Waals surface area contributed by atoms with Gasteiger partial charge >= 0.3 is 0 Å². The Kier molecular flexibility index (Phi) is 3.24. The summed E-state index contributed by atoms with van der Waals surface area (Å²) in [7, 11) is 0. The van der Waals surface area contributed by atoms with Gasteiger partial charge in [0.15, 0.2) is 0 Å². The van der Waals surface area contributed by atoms with E-state index in [1.165, 1.54) is 0 Å². The zero-order valence-electron chi connectivity index (χ0n) is 12.2. The van der Waals surface area contributed by atoms with Crippen molar-refractivity contribution in [3.05, 3.63) is 29.3 Å². The molecule has 0 spiro atoms. The molecule has 21 heavy (non-hydrogen) atoms. The van der Waals surface area contributed by atoms with Crippen LogP contribution in [-0.4, -0.2) is 40.4 Å². The SMILES string of the molecule is CC1(C)Oc2ccc(C=O)cc2[C@H](N2CCCC2=O)[C@H]1O. The molecule has 0 aliphatic carbocycles. The highest BCUT2D eigenvalue weighted by atomic mass is 16.5. The third kappa shape index (κ3) is 2.21. The summed E-state index contributed by atoms with van der Waals surface area (Å²) in [5, 5.41) is 10.7. The fourth-order valence-electron chi connectivity index (χ4n) is 3.16. The average Bonchev–Trinajstić information content (AvgIpc) is 2.86. The molecule has 1 fully saturated rings. The van der Waals surface area contributed by atoms with Crippen LogP contribution < -0.4 is 4.74 Å². The van der Waals surface area contributed by atoms with Crippen molar-refractivity contribution in [1.82, 2.24) is 4.90 Å². The van der Waals surface area contributed by atoms with Crippen LogP contribution >= 0.6 is 0 Å². The second kappa shape index (κ2) is 4.84. The Morgan fingerprint density at radius 2 is 2.19 bits per heavy atom. The number of aldehydes is 1. The zero-order valence-corrected chi connectivity index (χ0v) is 12.2. The molecule has 2 atom stereocenters. The fourth-order valence-corrected chi connectivity index (χ4v) is 3.16. The van der Waals surface area contributed by atoms with Gasteiger partial charge in [0.05, 0.1) is 6.04 Å². The second-order valence-electron chi connectivity index (χ2n) is 6.20. The predicted molar refractivity (Wildman–Crippen MR) is 76.2 cm³/mol. The monoisotopic (exact) mass is 289 g/mol. The highest BCUT2D eigenvalue weighted by Crippen LogP contribution is 2.44. The van der Waals surface area contributed by atoms with Crippen LogP contribution in [-0.2, 0) is 4.79 Å². The van der Waals surface area contributed by atoms with Crippen LogP contribution in [0.15, 0.2) is 18.2 Å². The smallest absolute Gasteiger partial charge is 0.223 e. The normalized spacial score (nSPS) is 27.2. The molecule has 1 aromatic carbocycles. The summed E-state index contributed by atoms with van der Waals surface area (Å²) in [6.45, 7) is 4.24. The Morgan fingerprint density at radius 3 is 2.81 bits per heavy atom. The van der Waals surface area contributed by atoms with Gasteiger partial charge < -0.3 is 14.7 Å². The van der Waals surface area contributed by atoms with Gasteiger partial charge in [-0.15, -0.1) is 0 Å². The molecular formula is C16H19NO4. The highest BCUT2D eigenvalue weighted by molar-refractivity contribution is 5.80. The first-order valence-electron chi connectivity index (χ1n) is 7.20. The number of aliphatic hydroxyl groups is 1. The highest BCUT2D eigenvalue weighted by Gasteiger charge is 2.47. The second-order valence-corrected chi connectivity index (χ2v) is 6.20. The van der Waals surface area contributed by atoms with Crippen LogP contribution in [0.2, 0.25) is 0 Å². The van der Waals surface area contributed by atoms with Crippen LogP contribution in [0.5, 0.6) is 5.75 Å². The molecule has 0 aromatic heterocycles. The number of hydrogen-bond donors (Lipinski definition) is 1. The first kappa shape index (κ1) is 14.1. The lowest BCUT2D eigenvalue weighted by Gasteiger charge is -2.45. The topological polar surface area (TPSA) is 66.8 Å². The van der Waals surface area contributed by atoms with E-state index in [0.717, 1.165) is 12.7 Å². The van der Waals surface area contributed by atoms with Crippen LogP contribution in [0.4, 0.5) is 0 Å². The van der Waals surface area contributed by atoms with E-state index >= 15 is 0 Å². The van der Waals surface area contributed by atoms with E-state index in [4.69, 9.17) is 4.74 Å². The first-order valence-corrected chi connectivity index (χ1v) is 7.20. The molecule has 5 heteroatoms. The Labute approximate surface area is 123 Å². The quantitative estimate of drug-likeness (QED) is 0.841. The summed E-state index contributed by atoms with van der Waals surface area (Å²) >= 11 is 0. The van der Waals surface area contributed by atoms with Gasteiger partial charge in [-0.25, -0.2) is 0 Å². The Hall–Kier alpha value is -1.88. The largest absolute Gasteiger partial charge is 0.485 e. The molecule has 0 saturated carbocycles. The minimum absolute atomic E-state index is 0.0409. The zero-order chi connectivity index (χ0) is 15.2. The van der Waals surface area contributed by atoms with Crippen LogP contribution in [0.25, 0.3) is 0 Å². The van der Waals surface area contributed by atoms with Gasteiger partial charge in [-0.05, 0) is 38.5 Å². The number of aliphatic hydroxyl groups excluding tert-OH is 1. The average molecular weight is 289 g/mol. The van der Waals surface area contributed by atoms with E-state index in [9.17, 15) is 14.7 Å². The molecule has 2 aliphatic rings. The van der Waals surface area contributed by atoms with Crippen molar-refractivity contribution >= 4 is 12.2 Å². The molecule has 0 unspecified atom stereocenters. The van der Waals surface area contributed by atoms with Crippen LogP contribution in [0.3, 0.4) is 0 Å². The number of carbonyl (C=O) groups excluding carboxylic acids is 2. The van der Waals surface area contributed by atoms with Crippen molar-refractivity contribution in [1.29, 1.82) is 0 Å². The lowest BCUT2D eigenvalue weighted by atomic mass is 9.85. The van der Waals surface area contributed by atoms with Gasteiger partial charge in [-0.2, -0.15) is 0 Å². The molecule has 1 N–H and O–H groups in total. The van der Waals surface area contributed by atoms with E-state index in [2.05, 4.69) is 0 Å². The third-order valence-electron chi connectivity index (χ3n) is 4.32. The van der Waals surface area contributed by atoms with E-state index in [-0.39, 0.29) is 5.91 Å². The maximum Gasteiger partial charge on any atom is 0.223 e. The number of benzene rings is 1. The molecule has 2 heterocycles. The maximum atomic E-state index is 12.1. The number of carbonyl (C=O) groups is 2. The molecule has 112 valence electrons. The van der Waals surface area contributed by atoms with Crippen molar-refractivity contribution < 1.29 is 19.4 Å². The van der Waals surface area contributed by atoms with E-state index < -0.39 is 17.7 Å². The molecule has 0 radical (unpaired) electrons. The van der Waals surface area contributed by atoms with E-state index in [0.29, 0.717) is 29.8 Å². The summed E-state index contributed by atoms with van der Waals surface area (Å²) in [5.41, 5.74) is 0.436. The number of fused-ring (bicyclic) bond motifs is 1. The van der Waals surface area contributed by atoms with Crippen molar-refractivity contribution in [3.63, 3.8) is 0 Å². The number of ether oxygens (including phenoxy) is 1. The molecule has 1 aromatic rings. The van der Waals surface area contributed by atoms with Gasteiger partial charge in [0, 0.05) is 24.1 Å². The van der Waals surface area contributed by atoms with Crippen molar-refractivity contribution in [2.24, 2.45) is 0 Å². The predicted octanol–water partition coefficient (Wildman–Crippen LogP) is 1.69. The fraction of sp³-hybridized carbons (Fsp3) is 0.500. The molecule has 0 bridgehead atoms. The lowest BCUT2D eigenvalue weighted by molar-refractivity contribution is -0.139. The molecule has 1 saturated heterocycles. The summed E-state index contributed by atoms with van der Waals surface area (Å²) in [6.07, 6.45) is 1.23. The molecule has 3 rings (SSSR count). The standard InChI is InChI=1S/C16H19NO4/c1-16(2)15(20)14(17-7-3-4-13(17)19)11-8-10(9-18)5-6-12(11)21-16/h5-6,8-9,14-15,20H,3-4,7H2,1-2H3/t14-,15+/m0/s1. The van der Waals surface area contributed by atoms with Crippen LogP contribution in [0.1, 0.15) is 48.7 Å². The van der Waals surface area contributed by atoms with Gasteiger partial charge in [0.2, 0.25) is 5.91 Å². The summed E-state index contributed by atoms with van der Waals surface area (Å²) in [5.74, 6) is 0.666. The van der Waals surface area contributed by atoms with Crippen LogP contribution in [0, 0.1) is 0 Å². The Balaban J connectivity index is 2.12. The Morgan fingerprint density at radius 1 is 1.43 bits per heavy atom. The van der Waals surface area contributed by atoms with Gasteiger partial charge in [-0.3, -0.25) is 9.59 Å². The first-order chi connectivity index (χ1) is 9.94. The van der Waals surface area contributed by atoms with Crippen molar-refractivity contribution in [2.75, 3.05) is 6.54 Å². The number of nitrogens with zero attached hydrogens (tertiary/aromatic N) is 1. The molecule has 2 aliphatic heterocycles. The molecule has 5 nitrogen and oxygen atoms in total.